The normalized spacial score (nSPS) is 17.0. The van der Waals surface area contributed by atoms with Crippen LogP contribution in [0.25, 0.3) is 10.2 Å². The van der Waals surface area contributed by atoms with E-state index < -0.39 is 0 Å². The minimum absolute atomic E-state index is 0.0942. The van der Waals surface area contributed by atoms with Gasteiger partial charge in [-0.3, -0.25) is 9.36 Å². The summed E-state index contributed by atoms with van der Waals surface area (Å²) >= 11 is 1.48. The van der Waals surface area contributed by atoms with E-state index in [0.717, 1.165) is 55.1 Å². The molecule has 0 amide bonds. The highest BCUT2D eigenvalue weighted by Gasteiger charge is 2.21. The highest BCUT2D eigenvalue weighted by Crippen LogP contribution is 2.22. The lowest BCUT2D eigenvalue weighted by atomic mass is 10.1. The van der Waals surface area contributed by atoms with Gasteiger partial charge in [-0.25, -0.2) is 4.98 Å². The lowest BCUT2D eigenvalue weighted by Crippen LogP contribution is -2.42. The van der Waals surface area contributed by atoms with Crippen LogP contribution < -0.4 is 16.2 Å². The van der Waals surface area contributed by atoms with Crippen LogP contribution in [-0.2, 0) is 6.54 Å². The summed E-state index contributed by atoms with van der Waals surface area (Å²) in [4.78, 5) is 19.5. The first kappa shape index (κ1) is 13.6. The largest absolute Gasteiger partial charge is 0.342 e. The first-order valence-electron chi connectivity index (χ1n) is 7.19. The molecule has 6 heteroatoms. The summed E-state index contributed by atoms with van der Waals surface area (Å²) in [6.45, 7) is 4.57. The minimum Gasteiger partial charge on any atom is -0.342 e. The number of fused-ring (bicyclic) bond motifs is 1. The molecule has 3 heterocycles. The fraction of sp³-hybridized carbons (Fsp3) is 0.571. The molecule has 0 spiro atoms. The average molecular weight is 292 g/mol. The van der Waals surface area contributed by atoms with Crippen molar-refractivity contribution in [2.24, 2.45) is 5.73 Å². The molecule has 0 aliphatic carbocycles. The predicted octanol–water partition coefficient (Wildman–Crippen LogP) is 1.80. The summed E-state index contributed by atoms with van der Waals surface area (Å²) in [6.07, 6.45) is 2.85. The van der Waals surface area contributed by atoms with Crippen LogP contribution in [0.5, 0.6) is 0 Å². The number of hydrogen-bond acceptors (Lipinski definition) is 5. The van der Waals surface area contributed by atoms with Crippen molar-refractivity contribution in [2.75, 3.05) is 18.0 Å². The fourth-order valence-electron chi connectivity index (χ4n) is 2.70. The van der Waals surface area contributed by atoms with E-state index in [1.165, 1.54) is 11.3 Å². The number of hydrogen-bond donors (Lipinski definition) is 1. The second kappa shape index (κ2) is 5.54. The highest BCUT2D eigenvalue weighted by molar-refractivity contribution is 7.17. The maximum absolute atomic E-state index is 12.6. The fourth-order valence-corrected chi connectivity index (χ4v) is 3.48. The standard InChI is InChI=1S/C14H20N4OS/c1-2-6-18-13(19)12-11(5-9-20-12)16-14(18)17-7-3-10(15)4-8-17/h5,9-10H,2-4,6-8,15H2,1H3. The van der Waals surface area contributed by atoms with Crippen LogP contribution in [0.3, 0.4) is 0 Å². The second-order valence-corrected chi connectivity index (χ2v) is 6.24. The number of anilines is 1. The van der Waals surface area contributed by atoms with E-state index in [1.807, 2.05) is 16.0 Å². The van der Waals surface area contributed by atoms with Gasteiger partial charge in [0.15, 0.2) is 0 Å². The monoisotopic (exact) mass is 292 g/mol. The van der Waals surface area contributed by atoms with Gasteiger partial charge in [-0.05, 0) is 30.7 Å². The van der Waals surface area contributed by atoms with Crippen LogP contribution >= 0.6 is 11.3 Å². The summed E-state index contributed by atoms with van der Waals surface area (Å²) in [5.41, 5.74) is 6.87. The Kier molecular flexibility index (Phi) is 3.76. The Morgan fingerprint density at radius 1 is 1.45 bits per heavy atom. The molecule has 1 aliphatic rings. The Morgan fingerprint density at radius 2 is 2.20 bits per heavy atom. The third-order valence-corrected chi connectivity index (χ3v) is 4.71. The maximum atomic E-state index is 12.6. The predicted molar refractivity (Wildman–Crippen MR) is 83.6 cm³/mol. The van der Waals surface area contributed by atoms with Crippen molar-refractivity contribution in [3.63, 3.8) is 0 Å². The summed E-state index contributed by atoms with van der Waals surface area (Å²) in [5.74, 6) is 0.814. The second-order valence-electron chi connectivity index (χ2n) is 5.33. The van der Waals surface area contributed by atoms with Gasteiger partial charge in [-0.2, -0.15) is 0 Å². The Balaban J connectivity index is 2.07. The molecule has 2 aromatic heterocycles. The third kappa shape index (κ3) is 2.33. The highest BCUT2D eigenvalue weighted by atomic mass is 32.1. The Morgan fingerprint density at radius 3 is 2.90 bits per heavy atom. The van der Waals surface area contributed by atoms with Crippen molar-refractivity contribution in [2.45, 2.75) is 38.8 Å². The number of thiophene rings is 1. The zero-order valence-corrected chi connectivity index (χ0v) is 12.5. The first-order valence-corrected chi connectivity index (χ1v) is 8.07. The van der Waals surface area contributed by atoms with Gasteiger partial charge in [0, 0.05) is 25.7 Å². The van der Waals surface area contributed by atoms with E-state index in [1.54, 1.807) is 0 Å². The van der Waals surface area contributed by atoms with Gasteiger partial charge in [0.2, 0.25) is 5.95 Å². The lowest BCUT2D eigenvalue weighted by molar-refractivity contribution is 0.485. The van der Waals surface area contributed by atoms with Crippen molar-refractivity contribution in [3.8, 4) is 0 Å². The molecule has 5 nitrogen and oxygen atoms in total. The van der Waals surface area contributed by atoms with Gasteiger partial charge in [-0.1, -0.05) is 6.92 Å². The topological polar surface area (TPSA) is 64.2 Å². The number of nitrogens with zero attached hydrogens (tertiary/aromatic N) is 3. The molecule has 1 saturated heterocycles. The zero-order valence-electron chi connectivity index (χ0n) is 11.7. The van der Waals surface area contributed by atoms with Crippen molar-refractivity contribution < 1.29 is 0 Å². The molecule has 2 N–H and O–H groups in total. The molecule has 0 radical (unpaired) electrons. The SMILES string of the molecule is CCCn1c(N2CCC(N)CC2)nc2ccsc2c1=O. The van der Waals surface area contributed by atoms with Gasteiger partial charge in [0.05, 0.1) is 5.52 Å². The van der Waals surface area contributed by atoms with Crippen LogP contribution in [0, 0.1) is 0 Å². The molecule has 0 unspecified atom stereocenters. The molecule has 0 aromatic carbocycles. The van der Waals surface area contributed by atoms with Crippen molar-refractivity contribution in [1.82, 2.24) is 9.55 Å². The van der Waals surface area contributed by atoms with E-state index >= 15 is 0 Å². The Labute approximate surface area is 122 Å². The van der Waals surface area contributed by atoms with Crippen LogP contribution in [-0.4, -0.2) is 28.7 Å². The van der Waals surface area contributed by atoms with Gasteiger partial charge >= 0.3 is 0 Å². The number of rotatable bonds is 3. The molecule has 3 rings (SSSR count). The molecule has 0 atom stereocenters. The van der Waals surface area contributed by atoms with E-state index in [0.29, 0.717) is 0 Å². The van der Waals surface area contributed by atoms with Crippen LogP contribution in [0.15, 0.2) is 16.2 Å². The van der Waals surface area contributed by atoms with E-state index in [9.17, 15) is 4.79 Å². The molecule has 1 aliphatic heterocycles. The zero-order chi connectivity index (χ0) is 14.1. The van der Waals surface area contributed by atoms with Crippen LogP contribution in [0.4, 0.5) is 5.95 Å². The molecule has 108 valence electrons. The summed E-state index contributed by atoms with van der Waals surface area (Å²) in [6, 6.07) is 2.21. The number of aromatic nitrogens is 2. The van der Waals surface area contributed by atoms with E-state index in [2.05, 4.69) is 11.8 Å². The van der Waals surface area contributed by atoms with E-state index in [4.69, 9.17) is 10.7 Å². The Hall–Kier alpha value is -1.40. The van der Waals surface area contributed by atoms with Gasteiger partial charge < -0.3 is 10.6 Å². The number of piperidine rings is 1. The first-order chi connectivity index (χ1) is 9.70. The summed E-state index contributed by atoms with van der Waals surface area (Å²) < 4.78 is 2.59. The molecule has 20 heavy (non-hydrogen) atoms. The van der Waals surface area contributed by atoms with Gasteiger partial charge in [-0.15, -0.1) is 11.3 Å². The summed E-state index contributed by atoms with van der Waals surface area (Å²) in [7, 11) is 0. The van der Waals surface area contributed by atoms with Crippen molar-refractivity contribution in [1.29, 1.82) is 0 Å². The molecular formula is C14H20N4OS. The quantitative estimate of drug-likeness (QED) is 0.937. The van der Waals surface area contributed by atoms with Gasteiger partial charge in [0.25, 0.3) is 5.56 Å². The molecule has 2 aromatic rings. The van der Waals surface area contributed by atoms with Crippen molar-refractivity contribution in [3.05, 3.63) is 21.8 Å². The maximum Gasteiger partial charge on any atom is 0.272 e. The smallest absolute Gasteiger partial charge is 0.272 e. The van der Waals surface area contributed by atoms with E-state index in [-0.39, 0.29) is 11.6 Å². The number of nitrogens with two attached hydrogens (primary N) is 1. The molecular weight excluding hydrogens is 272 g/mol. The lowest BCUT2D eigenvalue weighted by Gasteiger charge is -2.32. The third-order valence-electron chi connectivity index (χ3n) is 3.82. The Bertz CT molecular complexity index is 655. The van der Waals surface area contributed by atoms with Gasteiger partial charge in [0.1, 0.15) is 4.70 Å². The van der Waals surface area contributed by atoms with Crippen molar-refractivity contribution >= 4 is 27.5 Å². The van der Waals surface area contributed by atoms with Crippen LogP contribution in [0.2, 0.25) is 0 Å². The molecule has 0 bridgehead atoms. The minimum atomic E-state index is 0.0942. The molecule has 1 fully saturated rings. The average Bonchev–Trinajstić information content (AvgIpc) is 2.91. The summed E-state index contributed by atoms with van der Waals surface area (Å²) in [5, 5.41) is 1.94. The van der Waals surface area contributed by atoms with Crippen LogP contribution in [0.1, 0.15) is 26.2 Å². The molecule has 0 saturated carbocycles.